The molecule has 4 aromatic rings. The average Bonchev–Trinajstić information content (AvgIpc) is 2.66. The van der Waals surface area contributed by atoms with E-state index >= 15 is 0 Å². The van der Waals surface area contributed by atoms with Crippen LogP contribution < -0.4 is 5.43 Å². The van der Waals surface area contributed by atoms with Gasteiger partial charge < -0.3 is 4.57 Å². The third-order valence-electron chi connectivity index (χ3n) is 4.97. The predicted molar refractivity (Wildman–Crippen MR) is 110 cm³/mol. The van der Waals surface area contributed by atoms with E-state index in [1.165, 1.54) is 11.1 Å². The molecule has 2 heteroatoms. The van der Waals surface area contributed by atoms with E-state index in [9.17, 15) is 4.79 Å². The summed E-state index contributed by atoms with van der Waals surface area (Å²) in [5.74, 6) is 0. The predicted octanol–water partition coefficient (Wildman–Crippen LogP) is 5.49. The number of nitrogens with zero attached hydrogens (tertiary/aromatic N) is 1. The first-order valence-electron chi connectivity index (χ1n) is 8.82. The van der Waals surface area contributed by atoms with Gasteiger partial charge in [-0.2, -0.15) is 0 Å². The molecule has 0 N–H and O–H groups in total. The quantitative estimate of drug-likeness (QED) is 0.473. The summed E-state index contributed by atoms with van der Waals surface area (Å²) < 4.78 is 2.14. The minimum atomic E-state index is 0.0816. The van der Waals surface area contributed by atoms with Gasteiger partial charge in [0.1, 0.15) is 0 Å². The van der Waals surface area contributed by atoms with Crippen LogP contribution in [-0.2, 0) is 7.05 Å². The van der Waals surface area contributed by atoms with Crippen molar-refractivity contribution in [3.05, 3.63) is 94.1 Å². The summed E-state index contributed by atoms with van der Waals surface area (Å²) in [6, 6.07) is 24.4. The third-order valence-corrected chi connectivity index (χ3v) is 4.97. The van der Waals surface area contributed by atoms with Gasteiger partial charge in [0.15, 0.2) is 5.43 Å². The van der Waals surface area contributed by atoms with Crippen molar-refractivity contribution in [1.29, 1.82) is 0 Å². The van der Waals surface area contributed by atoms with Crippen LogP contribution in [0.2, 0.25) is 0 Å². The van der Waals surface area contributed by atoms with E-state index in [0.717, 1.165) is 33.3 Å². The van der Waals surface area contributed by atoms with Crippen molar-refractivity contribution < 1.29 is 0 Å². The van der Waals surface area contributed by atoms with Gasteiger partial charge in [0.2, 0.25) is 0 Å². The average molecular weight is 339 g/mol. The van der Waals surface area contributed by atoms with Crippen molar-refractivity contribution in [3.63, 3.8) is 0 Å². The number of hydrogen-bond acceptors (Lipinski definition) is 1. The summed E-state index contributed by atoms with van der Waals surface area (Å²) in [5.41, 5.74) is 7.14. The molecule has 4 rings (SSSR count). The highest BCUT2D eigenvalue weighted by Gasteiger charge is 2.18. The van der Waals surface area contributed by atoms with Gasteiger partial charge in [0.05, 0.1) is 16.8 Å². The highest BCUT2D eigenvalue weighted by atomic mass is 16.1. The molecule has 0 radical (unpaired) electrons. The lowest BCUT2D eigenvalue weighted by Gasteiger charge is -2.18. The highest BCUT2D eigenvalue weighted by Crippen LogP contribution is 2.32. The van der Waals surface area contributed by atoms with Gasteiger partial charge in [-0.15, -0.1) is 0 Å². The number of hydrogen-bond donors (Lipinski definition) is 0. The molecule has 0 saturated heterocycles. The van der Waals surface area contributed by atoms with E-state index in [0.29, 0.717) is 0 Å². The van der Waals surface area contributed by atoms with Gasteiger partial charge in [-0.25, -0.2) is 0 Å². The Balaban J connectivity index is 2.15. The van der Waals surface area contributed by atoms with E-state index < -0.39 is 0 Å². The number of pyridine rings is 1. The first kappa shape index (κ1) is 16.3. The molecular weight excluding hydrogens is 318 g/mol. The van der Waals surface area contributed by atoms with Gasteiger partial charge in [-0.1, -0.05) is 71.8 Å². The number of rotatable bonds is 2. The summed E-state index contributed by atoms with van der Waals surface area (Å²) in [6.45, 7) is 4.13. The number of aromatic nitrogens is 1. The van der Waals surface area contributed by atoms with Crippen LogP contribution in [0.3, 0.4) is 0 Å². The van der Waals surface area contributed by atoms with Crippen molar-refractivity contribution in [2.75, 3.05) is 0 Å². The van der Waals surface area contributed by atoms with Crippen molar-refractivity contribution in [3.8, 4) is 22.4 Å². The van der Waals surface area contributed by atoms with Gasteiger partial charge >= 0.3 is 0 Å². The third kappa shape index (κ3) is 2.64. The summed E-state index contributed by atoms with van der Waals surface area (Å²) in [4.78, 5) is 13.4. The fraction of sp³-hybridized carbons (Fsp3) is 0.125. The monoisotopic (exact) mass is 339 g/mol. The maximum Gasteiger partial charge on any atom is 0.197 e. The van der Waals surface area contributed by atoms with Gasteiger partial charge in [0.25, 0.3) is 0 Å². The van der Waals surface area contributed by atoms with E-state index in [1.807, 2.05) is 43.4 Å². The summed E-state index contributed by atoms with van der Waals surface area (Å²) in [7, 11) is 2.04. The lowest BCUT2D eigenvalue weighted by Crippen LogP contribution is -2.14. The molecule has 0 atom stereocenters. The molecule has 0 aliphatic rings. The molecular formula is C24H21NO. The molecule has 3 aromatic carbocycles. The zero-order valence-electron chi connectivity index (χ0n) is 15.3. The van der Waals surface area contributed by atoms with Crippen molar-refractivity contribution >= 4 is 10.9 Å². The number of aryl methyl sites for hydroxylation is 3. The SMILES string of the molecule is Cc1ccc(-c2c(-c3ccc(C)cc3)n(C)c3ccccc3c2=O)cc1. The topological polar surface area (TPSA) is 22.0 Å². The zero-order chi connectivity index (χ0) is 18.3. The highest BCUT2D eigenvalue weighted by molar-refractivity contribution is 5.92. The molecule has 0 amide bonds. The second kappa shape index (κ2) is 6.30. The fourth-order valence-corrected chi connectivity index (χ4v) is 3.53. The molecule has 1 aromatic heterocycles. The van der Waals surface area contributed by atoms with Gasteiger partial charge in [-0.05, 0) is 37.1 Å². The maximum atomic E-state index is 13.4. The van der Waals surface area contributed by atoms with Crippen molar-refractivity contribution in [2.45, 2.75) is 13.8 Å². The Hall–Kier alpha value is -3.13. The Kier molecular flexibility index (Phi) is 3.96. The van der Waals surface area contributed by atoms with Crippen LogP contribution in [0.5, 0.6) is 0 Å². The van der Waals surface area contributed by atoms with Crippen molar-refractivity contribution in [1.82, 2.24) is 4.57 Å². The van der Waals surface area contributed by atoms with Crippen LogP contribution in [0.15, 0.2) is 77.6 Å². The smallest absolute Gasteiger partial charge is 0.197 e. The van der Waals surface area contributed by atoms with E-state index in [2.05, 4.69) is 54.8 Å². The van der Waals surface area contributed by atoms with E-state index in [1.54, 1.807) is 0 Å². The Bertz CT molecular complexity index is 1150. The number of benzene rings is 3. The molecule has 0 aliphatic carbocycles. The minimum Gasteiger partial charge on any atom is -0.343 e. The van der Waals surface area contributed by atoms with Crippen LogP contribution in [-0.4, -0.2) is 4.57 Å². The first-order chi connectivity index (χ1) is 12.6. The molecule has 0 unspecified atom stereocenters. The maximum absolute atomic E-state index is 13.4. The van der Waals surface area contributed by atoms with Crippen LogP contribution in [0.25, 0.3) is 33.3 Å². The lowest BCUT2D eigenvalue weighted by molar-refractivity contribution is 0.962. The van der Waals surface area contributed by atoms with Crippen LogP contribution in [0.1, 0.15) is 11.1 Å². The summed E-state index contributed by atoms with van der Waals surface area (Å²) in [6.07, 6.45) is 0. The summed E-state index contributed by atoms with van der Waals surface area (Å²) in [5, 5.41) is 0.751. The first-order valence-corrected chi connectivity index (χ1v) is 8.82. The molecule has 2 nitrogen and oxygen atoms in total. The second-order valence-electron chi connectivity index (χ2n) is 6.86. The fourth-order valence-electron chi connectivity index (χ4n) is 3.53. The molecule has 0 aliphatic heterocycles. The molecule has 0 saturated carbocycles. The molecule has 26 heavy (non-hydrogen) atoms. The Labute approximate surface area is 153 Å². The lowest BCUT2D eigenvalue weighted by atomic mass is 9.95. The van der Waals surface area contributed by atoms with Crippen molar-refractivity contribution in [2.24, 2.45) is 7.05 Å². The van der Waals surface area contributed by atoms with Crippen LogP contribution in [0.4, 0.5) is 0 Å². The zero-order valence-corrected chi connectivity index (χ0v) is 15.3. The standard InChI is InChI=1S/C24H21NO/c1-16-8-12-18(13-9-16)22-23(19-14-10-17(2)11-15-19)25(3)21-7-5-4-6-20(21)24(22)26/h4-15H,1-3H3. The normalized spacial score (nSPS) is 11.0. The molecule has 1 heterocycles. The Morgan fingerprint density at radius 1 is 0.692 bits per heavy atom. The Morgan fingerprint density at radius 2 is 1.23 bits per heavy atom. The molecule has 0 fully saturated rings. The summed E-state index contributed by atoms with van der Waals surface area (Å²) >= 11 is 0. The number of fused-ring (bicyclic) bond motifs is 1. The second-order valence-corrected chi connectivity index (χ2v) is 6.86. The van der Waals surface area contributed by atoms with Gasteiger partial charge in [-0.3, -0.25) is 4.79 Å². The molecule has 128 valence electrons. The molecule has 0 bridgehead atoms. The van der Waals surface area contributed by atoms with Gasteiger partial charge in [0, 0.05) is 12.4 Å². The number of para-hydroxylation sites is 1. The minimum absolute atomic E-state index is 0.0816. The largest absolute Gasteiger partial charge is 0.343 e. The molecule has 0 spiro atoms. The Morgan fingerprint density at radius 3 is 1.85 bits per heavy atom. The van der Waals surface area contributed by atoms with E-state index in [4.69, 9.17) is 0 Å². The van der Waals surface area contributed by atoms with E-state index in [-0.39, 0.29) is 5.43 Å². The van der Waals surface area contributed by atoms with Crippen LogP contribution >= 0.6 is 0 Å². The van der Waals surface area contributed by atoms with Crippen LogP contribution in [0, 0.1) is 13.8 Å².